The molecule has 1 atom stereocenters. The minimum Gasteiger partial charge on any atom is -0.378 e. The molecule has 1 aromatic carbocycles. The largest absolute Gasteiger partial charge is 0.378 e. The molecule has 0 saturated carbocycles. The van der Waals surface area contributed by atoms with Crippen LogP contribution >= 0.6 is 0 Å². The lowest BCUT2D eigenvalue weighted by Crippen LogP contribution is -2.09. The van der Waals surface area contributed by atoms with Crippen LogP contribution in [0.25, 0.3) is 11.4 Å². The maximum Gasteiger partial charge on any atom is 0.159 e. The molecule has 0 radical (unpaired) electrons. The molecule has 3 nitrogen and oxygen atoms in total. The highest BCUT2D eigenvalue weighted by Crippen LogP contribution is 2.18. The number of halogens is 1. The van der Waals surface area contributed by atoms with Gasteiger partial charge in [-0.05, 0) is 49.7 Å². The molecule has 0 aliphatic heterocycles. The fourth-order valence-electron chi connectivity index (χ4n) is 3.60. The Morgan fingerprint density at radius 2 is 1.39 bits per heavy atom. The molecule has 2 aromatic rings. The molecule has 0 spiro atoms. The van der Waals surface area contributed by atoms with Gasteiger partial charge in [0.1, 0.15) is 6.17 Å². The van der Waals surface area contributed by atoms with Crippen molar-refractivity contribution >= 4 is 0 Å². The molecule has 0 saturated heterocycles. The highest BCUT2D eigenvalue weighted by molar-refractivity contribution is 5.55. The minimum atomic E-state index is -0.803. The molecule has 1 aromatic heterocycles. The fourth-order valence-corrected chi connectivity index (χ4v) is 3.60. The summed E-state index contributed by atoms with van der Waals surface area (Å²) in [7, 11) is 0. The molecular formula is C27H41FN2O. The summed E-state index contributed by atoms with van der Waals surface area (Å²) in [5, 5.41) is 0. The number of ether oxygens (including phenoxy) is 1. The topological polar surface area (TPSA) is 35.0 Å². The second kappa shape index (κ2) is 15.9. The van der Waals surface area contributed by atoms with E-state index >= 15 is 0 Å². The van der Waals surface area contributed by atoms with Gasteiger partial charge in [-0.25, -0.2) is 14.4 Å². The summed E-state index contributed by atoms with van der Waals surface area (Å²) >= 11 is 0. The van der Waals surface area contributed by atoms with Crippen molar-refractivity contribution in [3.05, 3.63) is 47.8 Å². The van der Waals surface area contributed by atoms with Gasteiger partial charge in [0, 0.05) is 24.6 Å². The molecular weight excluding hydrogens is 387 g/mol. The van der Waals surface area contributed by atoms with Crippen LogP contribution in [0, 0.1) is 0 Å². The zero-order chi connectivity index (χ0) is 22.2. The molecule has 1 unspecified atom stereocenters. The van der Waals surface area contributed by atoms with E-state index in [1.54, 1.807) is 0 Å². The van der Waals surface area contributed by atoms with Gasteiger partial charge in [0.25, 0.3) is 0 Å². The van der Waals surface area contributed by atoms with Crippen LogP contribution in [0.4, 0.5) is 4.39 Å². The second-order valence-corrected chi connectivity index (χ2v) is 8.52. The van der Waals surface area contributed by atoms with E-state index in [9.17, 15) is 4.39 Å². The summed E-state index contributed by atoms with van der Waals surface area (Å²) < 4.78 is 18.4. The first kappa shape index (κ1) is 25.5. The van der Waals surface area contributed by atoms with Gasteiger partial charge in [-0.2, -0.15) is 0 Å². The van der Waals surface area contributed by atoms with E-state index in [2.05, 4.69) is 41.2 Å². The van der Waals surface area contributed by atoms with E-state index in [1.165, 1.54) is 62.5 Å². The Bertz CT molecular complexity index is 687. The van der Waals surface area contributed by atoms with Gasteiger partial charge in [-0.15, -0.1) is 0 Å². The second-order valence-electron chi connectivity index (χ2n) is 8.52. The Labute approximate surface area is 188 Å². The summed E-state index contributed by atoms with van der Waals surface area (Å²) in [6.07, 6.45) is 16.8. The van der Waals surface area contributed by atoms with Gasteiger partial charge < -0.3 is 4.74 Å². The highest BCUT2D eigenvalue weighted by atomic mass is 19.1. The van der Waals surface area contributed by atoms with Crippen LogP contribution < -0.4 is 0 Å². The van der Waals surface area contributed by atoms with Gasteiger partial charge in [0.05, 0.1) is 6.61 Å². The van der Waals surface area contributed by atoms with Crippen molar-refractivity contribution < 1.29 is 9.13 Å². The first-order chi connectivity index (χ1) is 15.2. The van der Waals surface area contributed by atoms with E-state index in [-0.39, 0.29) is 6.61 Å². The van der Waals surface area contributed by atoms with E-state index in [0.29, 0.717) is 13.0 Å². The molecule has 172 valence electrons. The number of benzene rings is 1. The van der Waals surface area contributed by atoms with Crippen molar-refractivity contribution in [1.29, 1.82) is 0 Å². The van der Waals surface area contributed by atoms with Crippen molar-refractivity contribution in [1.82, 2.24) is 9.97 Å². The van der Waals surface area contributed by atoms with Crippen molar-refractivity contribution in [3.63, 3.8) is 0 Å². The van der Waals surface area contributed by atoms with E-state index < -0.39 is 6.17 Å². The Balaban J connectivity index is 1.57. The average molecular weight is 429 g/mol. The Kier molecular flexibility index (Phi) is 13.1. The first-order valence-electron chi connectivity index (χ1n) is 12.3. The molecule has 2 rings (SSSR count). The third kappa shape index (κ3) is 10.9. The highest BCUT2D eigenvalue weighted by Gasteiger charge is 2.03. The maximum atomic E-state index is 13.0. The fraction of sp³-hybridized carbons (Fsp3) is 0.630. The number of nitrogens with zero attached hydrogens (tertiary/aromatic N) is 2. The number of alkyl halides is 1. The predicted octanol–water partition coefficient (Wildman–Crippen LogP) is 7.52. The third-order valence-electron chi connectivity index (χ3n) is 5.73. The zero-order valence-electron chi connectivity index (χ0n) is 19.6. The number of unbranched alkanes of at least 4 members (excludes halogenated alkanes) is 7. The maximum absolute atomic E-state index is 13.0. The Morgan fingerprint density at radius 1 is 0.774 bits per heavy atom. The summed E-state index contributed by atoms with van der Waals surface area (Å²) in [5.74, 6) is 0.812. The SMILES string of the molecule is CCCCCc1cnc(-c2ccc(CCCCCCCCOCC(F)CC)cc2)nc1. The number of aryl methyl sites for hydroxylation is 2. The van der Waals surface area contributed by atoms with E-state index in [4.69, 9.17) is 4.74 Å². The number of rotatable bonds is 17. The third-order valence-corrected chi connectivity index (χ3v) is 5.73. The molecule has 31 heavy (non-hydrogen) atoms. The predicted molar refractivity (Wildman–Crippen MR) is 128 cm³/mol. The minimum absolute atomic E-state index is 0.256. The van der Waals surface area contributed by atoms with Crippen molar-refractivity contribution in [2.24, 2.45) is 0 Å². The Hall–Kier alpha value is -1.81. The molecule has 1 heterocycles. The molecule has 0 aliphatic rings. The summed E-state index contributed by atoms with van der Waals surface area (Å²) in [5.41, 5.74) is 3.69. The van der Waals surface area contributed by atoms with Gasteiger partial charge in [0.15, 0.2) is 5.82 Å². The van der Waals surface area contributed by atoms with Crippen molar-refractivity contribution in [2.75, 3.05) is 13.2 Å². The van der Waals surface area contributed by atoms with Gasteiger partial charge in [-0.1, -0.05) is 76.6 Å². The summed E-state index contributed by atoms with van der Waals surface area (Å²) in [6.45, 7) is 5.02. The summed E-state index contributed by atoms with van der Waals surface area (Å²) in [6, 6.07) is 8.70. The number of hydrogen-bond donors (Lipinski definition) is 0. The number of hydrogen-bond acceptors (Lipinski definition) is 3. The molecule has 0 fully saturated rings. The normalized spacial score (nSPS) is 12.2. The van der Waals surface area contributed by atoms with E-state index in [1.807, 2.05) is 19.3 Å². The van der Waals surface area contributed by atoms with Crippen LogP contribution in [0.5, 0.6) is 0 Å². The lowest BCUT2D eigenvalue weighted by atomic mass is 10.0. The summed E-state index contributed by atoms with van der Waals surface area (Å²) in [4.78, 5) is 9.11. The smallest absolute Gasteiger partial charge is 0.159 e. The van der Waals surface area contributed by atoms with Crippen molar-refractivity contribution in [2.45, 2.75) is 97.1 Å². The van der Waals surface area contributed by atoms with Gasteiger partial charge in [-0.3, -0.25) is 0 Å². The van der Waals surface area contributed by atoms with Crippen LogP contribution in [-0.4, -0.2) is 29.4 Å². The van der Waals surface area contributed by atoms with Crippen molar-refractivity contribution in [3.8, 4) is 11.4 Å². The lowest BCUT2D eigenvalue weighted by Gasteiger charge is -2.07. The van der Waals surface area contributed by atoms with Crippen LogP contribution in [0.1, 0.15) is 89.2 Å². The standard InChI is InChI=1S/C27H41FN2O/c1-3-5-10-14-24-20-29-27(30-21-24)25-17-15-23(16-18-25)13-11-8-6-7-9-12-19-31-22-26(28)4-2/h15-18,20-21,26H,3-14,19,22H2,1-2H3. The Morgan fingerprint density at radius 3 is 2.06 bits per heavy atom. The monoisotopic (exact) mass is 428 g/mol. The van der Waals surface area contributed by atoms with Crippen LogP contribution in [0.3, 0.4) is 0 Å². The zero-order valence-corrected chi connectivity index (χ0v) is 19.6. The van der Waals surface area contributed by atoms with E-state index in [0.717, 1.165) is 30.7 Å². The van der Waals surface area contributed by atoms with Crippen LogP contribution in [-0.2, 0) is 17.6 Å². The molecule has 0 N–H and O–H groups in total. The molecule has 0 amide bonds. The lowest BCUT2D eigenvalue weighted by molar-refractivity contribution is 0.0765. The molecule has 0 bridgehead atoms. The van der Waals surface area contributed by atoms with Crippen LogP contribution in [0.2, 0.25) is 0 Å². The average Bonchev–Trinajstić information content (AvgIpc) is 2.81. The van der Waals surface area contributed by atoms with Gasteiger partial charge in [0.2, 0.25) is 0 Å². The van der Waals surface area contributed by atoms with Gasteiger partial charge >= 0.3 is 0 Å². The van der Waals surface area contributed by atoms with Crippen LogP contribution in [0.15, 0.2) is 36.7 Å². The first-order valence-corrected chi connectivity index (χ1v) is 12.3. The quantitative estimate of drug-likeness (QED) is 0.244. The molecule has 0 aliphatic carbocycles. The molecule has 4 heteroatoms. The number of aromatic nitrogens is 2.